The minimum Gasteiger partial charge on any atom is -0.396 e. The van der Waals surface area contributed by atoms with Crippen LogP contribution in [0, 0.1) is 5.41 Å². The molecule has 0 unspecified atom stereocenters. The van der Waals surface area contributed by atoms with Gasteiger partial charge >= 0.3 is 0 Å². The molecule has 1 aromatic rings. The Morgan fingerprint density at radius 1 is 1.25 bits per heavy atom. The number of aliphatic hydroxyl groups excluding tert-OH is 1. The summed E-state index contributed by atoms with van der Waals surface area (Å²) in [5, 5.41) is 9.32. The molecule has 0 aromatic heterocycles. The topological polar surface area (TPSA) is 23.5 Å². The molecule has 0 aliphatic heterocycles. The van der Waals surface area contributed by atoms with Crippen LogP contribution in [0.15, 0.2) is 24.3 Å². The van der Waals surface area contributed by atoms with Gasteiger partial charge in [-0.3, -0.25) is 0 Å². The van der Waals surface area contributed by atoms with E-state index < -0.39 is 0 Å². The highest BCUT2D eigenvalue weighted by molar-refractivity contribution is 5.25. The smallest absolute Gasteiger partial charge is 0.0490 e. The molecule has 1 aliphatic rings. The number of nitrogens with zero attached hydrogens (tertiary/aromatic N) is 1. The summed E-state index contributed by atoms with van der Waals surface area (Å²) >= 11 is 0. The molecule has 16 heavy (non-hydrogen) atoms. The second-order valence-corrected chi connectivity index (χ2v) is 5.39. The average Bonchev–Trinajstić information content (AvgIpc) is 2.98. The van der Waals surface area contributed by atoms with Crippen molar-refractivity contribution in [3.05, 3.63) is 35.4 Å². The molecule has 1 fully saturated rings. The Morgan fingerprint density at radius 3 is 2.50 bits per heavy atom. The molecule has 0 saturated heterocycles. The molecule has 0 radical (unpaired) electrons. The third-order valence-corrected chi connectivity index (χ3v) is 3.36. The van der Waals surface area contributed by atoms with Crippen molar-refractivity contribution in [3.8, 4) is 0 Å². The van der Waals surface area contributed by atoms with E-state index in [1.807, 2.05) is 0 Å². The second kappa shape index (κ2) is 4.56. The van der Waals surface area contributed by atoms with Gasteiger partial charge in [-0.05, 0) is 49.9 Å². The first-order valence-electron chi connectivity index (χ1n) is 5.97. The highest BCUT2D eigenvalue weighted by Crippen LogP contribution is 2.47. The molecule has 1 saturated carbocycles. The molecule has 88 valence electrons. The Morgan fingerprint density at radius 2 is 1.94 bits per heavy atom. The van der Waals surface area contributed by atoms with Crippen molar-refractivity contribution >= 4 is 0 Å². The van der Waals surface area contributed by atoms with Crippen molar-refractivity contribution < 1.29 is 5.11 Å². The van der Waals surface area contributed by atoms with E-state index in [1.54, 1.807) is 0 Å². The van der Waals surface area contributed by atoms with E-state index in [1.165, 1.54) is 24.0 Å². The van der Waals surface area contributed by atoms with Gasteiger partial charge in [-0.2, -0.15) is 0 Å². The van der Waals surface area contributed by atoms with Gasteiger partial charge in [0, 0.05) is 13.2 Å². The number of benzene rings is 1. The van der Waals surface area contributed by atoms with E-state index in [0.29, 0.717) is 6.61 Å². The van der Waals surface area contributed by atoms with Gasteiger partial charge in [0.1, 0.15) is 0 Å². The molecule has 0 amide bonds. The number of rotatable bonds is 5. The quantitative estimate of drug-likeness (QED) is 0.819. The van der Waals surface area contributed by atoms with Gasteiger partial charge in [0.2, 0.25) is 0 Å². The van der Waals surface area contributed by atoms with Gasteiger partial charge in [0.15, 0.2) is 0 Å². The summed E-state index contributed by atoms with van der Waals surface area (Å²) in [5.74, 6) is 0. The second-order valence-electron chi connectivity index (χ2n) is 5.39. The fraction of sp³-hybridized carbons (Fsp3) is 0.571. The summed E-state index contributed by atoms with van der Waals surface area (Å²) in [6, 6.07) is 8.74. The normalized spacial score (nSPS) is 17.8. The van der Waals surface area contributed by atoms with E-state index in [9.17, 15) is 5.11 Å². The van der Waals surface area contributed by atoms with Crippen LogP contribution < -0.4 is 0 Å². The third kappa shape index (κ3) is 2.83. The lowest BCUT2D eigenvalue weighted by molar-refractivity contribution is 0.211. The van der Waals surface area contributed by atoms with Crippen LogP contribution in [0.1, 0.15) is 24.0 Å². The molecule has 1 N–H and O–H groups in total. The monoisotopic (exact) mass is 219 g/mol. The standard InChI is InChI=1S/C14H21NO/c1-15(2)10-13-5-3-4-12(8-13)9-14(11-16)6-7-14/h3-5,8,16H,6-7,9-11H2,1-2H3. The number of hydrogen-bond donors (Lipinski definition) is 1. The fourth-order valence-electron chi connectivity index (χ4n) is 2.20. The first-order chi connectivity index (χ1) is 7.63. The minimum absolute atomic E-state index is 0.219. The van der Waals surface area contributed by atoms with E-state index in [-0.39, 0.29) is 5.41 Å². The minimum atomic E-state index is 0.219. The number of hydrogen-bond acceptors (Lipinski definition) is 2. The van der Waals surface area contributed by atoms with Gasteiger partial charge in [-0.25, -0.2) is 0 Å². The van der Waals surface area contributed by atoms with E-state index in [0.717, 1.165) is 13.0 Å². The van der Waals surface area contributed by atoms with Crippen molar-refractivity contribution in [1.82, 2.24) is 4.90 Å². The fourth-order valence-corrected chi connectivity index (χ4v) is 2.20. The Balaban J connectivity index is 2.04. The summed E-state index contributed by atoms with van der Waals surface area (Å²) in [4.78, 5) is 2.18. The Labute approximate surface area is 97.9 Å². The Kier molecular flexibility index (Phi) is 3.31. The van der Waals surface area contributed by atoms with E-state index >= 15 is 0 Å². The summed E-state index contributed by atoms with van der Waals surface area (Å²) in [7, 11) is 4.17. The summed E-state index contributed by atoms with van der Waals surface area (Å²) in [6.07, 6.45) is 3.40. The largest absolute Gasteiger partial charge is 0.396 e. The van der Waals surface area contributed by atoms with Crippen LogP contribution in [0.3, 0.4) is 0 Å². The van der Waals surface area contributed by atoms with Crippen LogP contribution in [0.25, 0.3) is 0 Å². The molecular formula is C14H21NO. The van der Waals surface area contributed by atoms with Gasteiger partial charge < -0.3 is 10.0 Å². The maximum atomic E-state index is 9.32. The lowest BCUT2D eigenvalue weighted by Gasteiger charge is -2.14. The maximum absolute atomic E-state index is 9.32. The highest BCUT2D eigenvalue weighted by atomic mass is 16.3. The lowest BCUT2D eigenvalue weighted by Crippen LogP contribution is -2.12. The predicted molar refractivity (Wildman–Crippen MR) is 66.3 cm³/mol. The Hall–Kier alpha value is -0.860. The SMILES string of the molecule is CN(C)Cc1cccc(CC2(CO)CC2)c1. The predicted octanol–water partition coefficient (Wildman–Crippen LogP) is 2.06. The van der Waals surface area contributed by atoms with Crippen LogP contribution in [0.5, 0.6) is 0 Å². The Bertz CT molecular complexity index is 356. The molecule has 1 aromatic carbocycles. The van der Waals surface area contributed by atoms with Crippen LogP contribution in [0.4, 0.5) is 0 Å². The third-order valence-electron chi connectivity index (χ3n) is 3.36. The highest BCUT2D eigenvalue weighted by Gasteiger charge is 2.41. The zero-order valence-corrected chi connectivity index (χ0v) is 10.2. The first-order valence-corrected chi connectivity index (χ1v) is 5.97. The lowest BCUT2D eigenvalue weighted by atomic mass is 9.96. The zero-order chi connectivity index (χ0) is 11.6. The zero-order valence-electron chi connectivity index (χ0n) is 10.2. The van der Waals surface area contributed by atoms with Crippen LogP contribution in [-0.4, -0.2) is 30.7 Å². The van der Waals surface area contributed by atoms with Crippen molar-refractivity contribution in [1.29, 1.82) is 0 Å². The van der Waals surface area contributed by atoms with E-state index in [4.69, 9.17) is 0 Å². The van der Waals surface area contributed by atoms with Gasteiger partial charge in [0.05, 0.1) is 0 Å². The molecule has 1 aliphatic carbocycles. The van der Waals surface area contributed by atoms with Gasteiger partial charge in [-0.1, -0.05) is 24.3 Å². The molecular weight excluding hydrogens is 198 g/mol. The van der Waals surface area contributed by atoms with Crippen LogP contribution in [-0.2, 0) is 13.0 Å². The molecule has 2 rings (SSSR count). The van der Waals surface area contributed by atoms with Crippen molar-refractivity contribution in [2.75, 3.05) is 20.7 Å². The molecule has 0 spiro atoms. The number of aliphatic hydroxyl groups is 1. The first kappa shape index (κ1) is 11.6. The van der Waals surface area contributed by atoms with Crippen molar-refractivity contribution in [3.63, 3.8) is 0 Å². The molecule has 2 nitrogen and oxygen atoms in total. The molecule has 0 bridgehead atoms. The van der Waals surface area contributed by atoms with Crippen LogP contribution in [0.2, 0.25) is 0 Å². The van der Waals surface area contributed by atoms with Crippen molar-refractivity contribution in [2.24, 2.45) is 5.41 Å². The van der Waals surface area contributed by atoms with E-state index in [2.05, 4.69) is 43.3 Å². The molecule has 0 atom stereocenters. The summed E-state index contributed by atoms with van der Waals surface area (Å²) in [5.41, 5.74) is 2.94. The molecule has 0 heterocycles. The summed E-state index contributed by atoms with van der Waals surface area (Å²) in [6.45, 7) is 1.32. The maximum Gasteiger partial charge on any atom is 0.0490 e. The van der Waals surface area contributed by atoms with Gasteiger partial charge in [-0.15, -0.1) is 0 Å². The average molecular weight is 219 g/mol. The van der Waals surface area contributed by atoms with Gasteiger partial charge in [0.25, 0.3) is 0 Å². The van der Waals surface area contributed by atoms with Crippen molar-refractivity contribution in [2.45, 2.75) is 25.8 Å². The molecule has 2 heteroatoms. The summed E-state index contributed by atoms with van der Waals surface area (Å²) < 4.78 is 0. The van der Waals surface area contributed by atoms with Crippen LogP contribution >= 0.6 is 0 Å².